The second-order valence-electron chi connectivity index (χ2n) is 8.42. The third-order valence-electron chi connectivity index (χ3n) is 6.28. The maximum absolute atomic E-state index is 10.2. The molecule has 8 heteroatoms. The molecule has 0 radical (unpaired) electrons. The van der Waals surface area contributed by atoms with Crippen LogP contribution < -0.4 is 21.8 Å². The molecule has 0 aliphatic carbocycles. The first kappa shape index (κ1) is 25.3. The summed E-state index contributed by atoms with van der Waals surface area (Å²) < 4.78 is 16.2. The van der Waals surface area contributed by atoms with Gasteiger partial charge in [0.05, 0.1) is 0 Å². The molecular formula is C26H32N2O5Sn. The van der Waals surface area contributed by atoms with Crippen LogP contribution in [-0.2, 0) is 7.81 Å². The van der Waals surface area contributed by atoms with Crippen molar-refractivity contribution in [3.63, 3.8) is 0 Å². The van der Waals surface area contributed by atoms with Crippen molar-refractivity contribution in [3.05, 3.63) is 91.0 Å². The second kappa shape index (κ2) is 11.7. The Bertz CT molecular complexity index is 913. The number of hydrogen-bond acceptors (Lipinski definition) is 7. The Morgan fingerprint density at radius 2 is 1.26 bits per heavy atom. The summed E-state index contributed by atoms with van der Waals surface area (Å²) in [4.78, 5) is 0. The minimum absolute atomic E-state index is 0.393. The van der Waals surface area contributed by atoms with Crippen LogP contribution in [-0.4, -0.2) is 84.5 Å². The van der Waals surface area contributed by atoms with Gasteiger partial charge in [0.2, 0.25) is 0 Å². The Morgan fingerprint density at radius 3 is 1.71 bits per heavy atom. The number of benzene rings is 3. The van der Waals surface area contributed by atoms with E-state index in [1.54, 1.807) is 0 Å². The fourth-order valence-electron chi connectivity index (χ4n) is 4.50. The Balaban J connectivity index is 1.58. The summed E-state index contributed by atoms with van der Waals surface area (Å²) in [5, 5.41) is 32.9. The molecule has 180 valence electrons. The van der Waals surface area contributed by atoms with Crippen molar-refractivity contribution in [1.29, 1.82) is 0 Å². The van der Waals surface area contributed by atoms with Gasteiger partial charge in [-0.05, 0) is 0 Å². The molecule has 0 saturated carbocycles. The van der Waals surface area contributed by atoms with Crippen LogP contribution in [0, 0.1) is 0 Å². The van der Waals surface area contributed by atoms with E-state index in [9.17, 15) is 15.3 Å². The zero-order chi connectivity index (χ0) is 24.0. The molecule has 7 nitrogen and oxygen atoms in total. The number of nitrogens with two attached hydrogens (primary N) is 1. The normalized spacial score (nSPS) is 25.2. The fraction of sp³-hybridized carbons (Fsp3) is 0.308. The van der Waals surface area contributed by atoms with Crippen molar-refractivity contribution in [2.75, 3.05) is 19.8 Å². The van der Waals surface area contributed by atoms with Crippen LogP contribution in [0.4, 0.5) is 0 Å². The summed E-state index contributed by atoms with van der Waals surface area (Å²) in [6.07, 6.45) is -4.04. The van der Waals surface area contributed by atoms with Crippen molar-refractivity contribution in [2.45, 2.75) is 30.6 Å². The number of hydrogen-bond donors (Lipinski definition) is 5. The number of nitrogens with one attached hydrogen (secondary N) is 1. The van der Waals surface area contributed by atoms with Crippen LogP contribution in [0.5, 0.6) is 0 Å². The number of aliphatic hydroxyl groups is 3. The first-order valence-corrected chi connectivity index (χ1v) is 16.9. The molecule has 1 saturated heterocycles. The molecule has 1 aliphatic rings. The van der Waals surface area contributed by atoms with Gasteiger partial charge in [-0.2, -0.15) is 0 Å². The summed E-state index contributed by atoms with van der Waals surface area (Å²) in [5.41, 5.74) is 6.06. The maximum atomic E-state index is 10.2. The van der Waals surface area contributed by atoms with Crippen LogP contribution in [0.15, 0.2) is 91.0 Å². The molecule has 3 aromatic rings. The number of rotatable bonds is 9. The predicted octanol–water partition coefficient (Wildman–Crippen LogP) is -0.974. The average Bonchev–Trinajstić information content (AvgIpc) is 2.90. The molecule has 0 spiro atoms. The molecule has 0 bridgehead atoms. The van der Waals surface area contributed by atoms with Crippen LogP contribution >= 0.6 is 0 Å². The van der Waals surface area contributed by atoms with E-state index in [0.29, 0.717) is 13.2 Å². The summed E-state index contributed by atoms with van der Waals surface area (Å²) in [7, 11) is 0. The van der Waals surface area contributed by atoms with Crippen LogP contribution in [0.3, 0.4) is 0 Å². The first-order valence-electron chi connectivity index (χ1n) is 11.5. The van der Waals surface area contributed by atoms with Gasteiger partial charge in [-0.1, -0.05) is 0 Å². The van der Waals surface area contributed by atoms with Gasteiger partial charge in [0.25, 0.3) is 0 Å². The molecule has 0 unspecified atom stereocenters. The third-order valence-corrected chi connectivity index (χ3v) is 17.9. The molecule has 34 heavy (non-hydrogen) atoms. The van der Waals surface area contributed by atoms with Crippen molar-refractivity contribution in [1.82, 2.24) is 5.32 Å². The average molecular weight is 571 g/mol. The van der Waals surface area contributed by atoms with E-state index in [4.69, 9.17) is 13.5 Å². The predicted molar refractivity (Wildman–Crippen MR) is 134 cm³/mol. The second-order valence-corrected chi connectivity index (χ2v) is 18.1. The van der Waals surface area contributed by atoms with Crippen molar-refractivity contribution in [2.24, 2.45) is 5.73 Å². The molecule has 0 aromatic heterocycles. The summed E-state index contributed by atoms with van der Waals surface area (Å²) in [5.74, 6) is 0. The molecule has 1 aliphatic heterocycles. The standard InChI is InChI=1S/C8H17N2O5.3C6H5.Sn/c9-5-7(14)6(13)4(3-12)15-8(5)10-1-2-11;3*1-2-4-6-5-3-1;/h4-8,10,12-14H,1-3,9H2;3*1-5H;/q-1;;;;+1/t4-,5-,6-,7-,8-;;;;/m1..../s1. The van der Waals surface area contributed by atoms with Gasteiger partial charge < -0.3 is 0 Å². The van der Waals surface area contributed by atoms with Crippen molar-refractivity contribution >= 4 is 29.5 Å². The van der Waals surface area contributed by atoms with Crippen LogP contribution in [0.25, 0.3) is 0 Å². The Hall–Kier alpha value is -1.82. The molecule has 4 rings (SSSR count). The van der Waals surface area contributed by atoms with Crippen molar-refractivity contribution < 1.29 is 23.1 Å². The van der Waals surface area contributed by atoms with E-state index < -0.39 is 56.0 Å². The monoisotopic (exact) mass is 572 g/mol. The Labute approximate surface area is 204 Å². The molecule has 1 heterocycles. The van der Waals surface area contributed by atoms with Gasteiger partial charge in [-0.3, -0.25) is 0 Å². The quantitative estimate of drug-likeness (QED) is 0.166. The molecule has 6 N–H and O–H groups in total. The van der Waals surface area contributed by atoms with E-state index in [0.717, 1.165) is 0 Å². The summed E-state index contributed by atoms with van der Waals surface area (Å²) >= 11 is -3.82. The van der Waals surface area contributed by atoms with Gasteiger partial charge in [-0.25, -0.2) is 0 Å². The van der Waals surface area contributed by atoms with Gasteiger partial charge in [0, 0.05) is 0 Å². The van der Waals surface area contributed by atoms with E-state index in [1.807, 2.05) is 54.6 Å². The third kappa shape index (κ3) is 5.22. The molecular weight excluding hydrogens is 539 g/mol. The van der Waals surface area contributed by atoms with E-state index in [1.165, 1.54) is 10.7 Å². The molecule has 0 amide bonds. The fourth-order valence-corrected chi connectivity index (χ4v) is 15.6. The Kier molecular flexibility index (Phi) is 8.73. The Morgan fingerprint density at radius 1 is 0.794 bits per heavy atom. The topological polar surface area (TPSA) is 117 Å². The molecule has 3 aromatic carbocycles. The molecule has 1 fully saturated rings. The SMILES string of the molecule is N[C@@H]1[C@@H](O)[C@H](O)[C@@H](CO)O[C@H]1NCC[O][Sn]([c]1ccccc1)([c]1ccccc1)[c]1ccccc1. The number of aliphatic hydroxyl groups excluding tert-OH is 3. The van der Waals surface area contributed by atoms with Gasteiger partial charge in [-0.15, -0.1) is 0 Å². The summed E-state index contributed by atoms with van der Waals surface area (Å²) in [6, 6.07) is 30.4. The van der Waals surface area contributed by atoms with Crippen LogP contribution in [0.1, 0.15) is 0 Å². The minimum atomic E-state index is -3.82. The number of ether oxygens (including phenoxy) is 1. The van der Waals surface area contributed by atoms with Gasteiger partial charge in [0.1, 0.15) is 0 Å². The van der Waals surface area contributed by atoms with Gasteiger partial charge in [0.15, 0.2) is 0 Å². The summed E-state index contributed by atoms with van der Waals surface area (Å²) in [6.45, 7) is 0.406. The molecule has 5 atom stereocenters. The zero-order valence-corrected chi connectivity index (χ0v) is 21.8. The van der Waals surface area contributed by atoms with E-state index >= 15 is 0 Å². The van der Waals surface area contributed by atoms with E-state index in [2.05, 4.69) is 41.7 Å². The first-order chi connectivity index (χ1) is 16.6. The zero-order valence-electron chi connectivity index (χ0n) is 18.9. The van der Waals surface area contributed by atoms with E-state index in [-0.39, 0.29) is 0 Å². The van der Waals surface area contributed by atoms with Crippen LogP contribution in [0.2, 0.25) is 0 Å². The van der Waals surface area contributed by atoms with Gasteiger partial charge >= 0.3 is 205 Å². The van der Waals surface area contributed by atoms with Crippen molar-refractivity contribution in [3.8, 4) is 0 Å².